The lowest BCUT2D eigenvalue weighted by atomic mass is 10.1. The van der Waals surface area contributed by atoms with Gasteiger partial charge in [-0.3, -0.25) is 4.98 Å². The smallest absolute Gasteiger partial charge is 0.162 e. The van der Waals surface area contributed by atoms with Gasteiger partial charge in [-0.2, -0.15) is 0 Å². The Bertz CT molecular complexity index is 861. The zero-order valence-electron chi connectivity index (χ0n) is 13.9. The Labute approximate surface area is 156 Å². The third-order valence-corrected chi connectivity index (χ3v) is 4.86. The molecule has 0 atom stereocenters. The third-order valence-electron chi connectivity index (χ3n) is 4.43. The van der Waals surface area contributed by atoms with Crippen LogP contribution < -0.4 is 4.90 Å². The standard InChI is InChI=1S/C20H19BrN4/c21-17-11-16(13-22-14-17)18-12-19(25-9-5-2-6-10-25)24-20(23-18)15-7-3-1-4-8-15/h1,3-4,7-8,11-14H,2,5-6,9-10H2. The zero-order valence-corrected chi connectivity index (χ0v) is 15.5. The minimum absolute atomic E-state index is 0.763. The fourth-order valence-corrected chi connectivity index (χ4v) is 3.50. The molecule has 1 aromatic carbocycles. The first kappa shape index (κ1) is 16.2. The van der Waals surface area contributed by atoms with Crippen LogP contribution in [0.5, 0.6) is 0 Å². The van der Waals surface area contributed by atoms with Gasteiger partial charge < -0.3 is 4.90 Å². The van der Waals surface area contributed by atoms with E-state index in [2.05, 4.69) is 44.0 Å². The molecule has 2 aromatic heterocycles. The number of piperidine rings is 1. The van der Waals surface area contributed by atoms with Crippen molar-refractivity contribution in [2.24, 2.45) is 0 Å². The van der Waals surface area contributed by atoms with Gasteiger partial charge in [0, 0.05) is 47.1 Å². The minimum Gasteiger partial charge on any atom is -0.356 e. The Kier molecular flexibility index (Phi) is 4.74. The summed E-state index contributed by atoms with van der Waals surface area (Å²) < 4.78 is 0.949. The molecular weight excluding hydrogens is 376 g/mol. The van der Waals surface area contributed by atoms with Crippen LogP contribution >= 0.6 is 15.9 Å². The predicted molar refractivity (Wildman–Crippen MR) is 104 cm³/mol. The van der Waals surface area contributed by atoms with Gasteiger partial charge in [0.2, 0.25) is 0 Å². The van der Waals surface area contributed by atoms with Crippen LogP contribution in [-0.4, -0.2) is 28.0 Å². The summed E-state index contributed by atoms with van der Waals surface area (Å²) in [6, 6.07) is 14.3. The highest BCUT2D eigenvalue weighted by Crippen LogP contribution is 2.28. The molecule has 4 rings (SSSR count). The van der Waals surface area contributed by atoms with Crippen molar-refractivity contribution in [3.8, 4) is 22.6 Å². The normalized spacial score (nSPS) is 14.5. The van der Waals surface area contributed by atoms with Crippen molar-refractivity contribution in [2.75, 3.05) is 18.0 Å². The highest BCUT2D eigenvalue weighted by atomic mass is 79.9. The van der Waals surface area contributed by atoms with E-state index in [4.69, 9.17) is 9.97 Å². The summed E-state index contributed by atoms with van der Waals surface area (Å²) in [7, 11) is 0. The maximum atomic E-state index is 4.86. The molecule has 0 N–H and O–H groups in total. The van der Waals surface area contributed by atoms with Gasteiger partial charge in [-0.05, 0) is 41.3 Å². The summed E-state index contributed by atoms with van der Waals surface area (Å²) >= 11 is 3.50. The molecule has 0 amide bonds. The van der Waals surface area contributed by atoms with Crippen LogP contribution in [0.15, 0.2) is 59.3 Å². The molecular formula is C20H19BrN4. The number of anilines is 1. The quantitative estimate of drug-likeness (QED) is 0.629. The molecule has 0 radical (unpaired) electrons. The fourth-order valence-electron chi connectivity index (χ4n) is 3.14. The lowest BCUT2D eigenvalue weighted by Gasteiger charge is -2.28. The molecule has 126 valence electrons. The molecule has 0 saturated carbocycles. The lowest BCUT2D eigenvalue weighted by Crippen LogP contribution is -2.30. The highest BCUT2D eigenvalue weighted by Gasteiger charge is 2.16. The van der Waals surface area contributed by atoms with Gasteiger partial charge in [-0.25, -0.2) is 9.97 Å². The van der Waals surface area contributed by atoms with E-state index in [1.165, 1.54) is 19.3 Å². The van der Waals surface area contributed by atoms with Crippen LogP contribution in [-0.2, 0) is 0 Å². The van der Waals surface area contributed by atoms with Crippen LogP contribution in [0.1, 0.15) is 19.3 Å². The number of hydrogen-bond donors (Lipinski definition) is 0. The summed E-state index contributed by atoms with van der Waals surface area (Å²) in [5, 5.41) is 0. The number of pyridine rings is 1. The van der Waals surface area contributed by atoms with Crippen molar-refractivity contribution in [3.63, 3.8) is 0 Å². The number of aromatic nitrogens is 3. The maximum Gasteiger partial charge on any atom is 0.162 e. The summed E-state index contributed by atoms with van der Waals surface area (Å²) in [5.74, 6) is 1.77. The first-order valence-corrected chi connectivity index (χ1v) is 9.39. The first-order valence-electron chi connectivity index (χ1n) is 8.60. The van der Waals surface area contributed by atoms with Crippen molar-refractivity contribution in [2.45, 2.75) is 19.3 Å². The number of nitrogens with zero attached hydrogens (tertiary/aromatic N) is 4. The van der Waals surface area contributed by atoms with Gasteiger partial charge in [0.15, 0.2) is 5.82 Å². The third kappa shape index (κ3) is 3.71. The Hall–Kier alpha value is -2.27. The molecule has 1 aliphatic rings. The van der Waals surface area contributed by atoms with E-state index >= 15 is 0 Å². The van der Waals surface area contributed by atoms with Crippen molar-refractivity contribution in [1.29, 1.82) is 0 Å². The van der Waals surface area contributed by atoms with Gasteiger partial charge in [0.1, 0.15) is 5.82 Å². The van der Waals surface area contributed by atoms with Gasteiger partial charge in [-0.15, -0.1) is 0 Å². The largest absolute Gasteiger partial charge is 0.356 e. The minimum atomic E-state index is 0.763. The zero-order chi connectivity index (χ0) is 17.1. The van der Waals surface area contributed by atoms with E-state index in [1.807, 2.05) is 30.5 Å². The lowest BCUT2D eigenvalue weighted by molar-refractivity contribution is 0.573. The Morgan fingerprint density at radius 3 is 2.40 bits per heavy atom. The van der Waals surface area contributed by atoms with Crippen LogP contribution in [0.2, 0.25) is 0 Å². The molecule has 0 aliphatic carbocycles. The van der Waals surface area contributed by atoms with Gasteiger partial charge in [0.05, 0.1) is 5.69 Å². The molecule has 1 fully saturated rings. The van der Waals surface area contributed by atoms with Crippen molar-refractivity contribution in [1.82, 2.24) is 15.0 Å². The van der Waals surface area contributed by atoms with Crippen molar-refractivity contribution in [3.05, 3.63) is 59.3 Å². The Morgan fingerprint density at radius 1 is 0.840 bits per heavy atom. The second-order valence-corrected chi connectivity index (χ2v) is 7.16. The average Bonchev–Trinajstić information content (AvgIpc) is 2.69. The second-order valence-electron chi connectivity index (χ2n) is 6.24. The Morgan fingerprint density at radius 2 is 1.64 bits per heavy atom. The molecule has 1 aliphatic heterocycles. The molecule has 3 aromatic rings. The second kappa shape index (κ2) is 7.31. The maximum absolute atomic E-state index is 4.86. The number of rotatable bonds is 3. The average molecular weight is 395 g/mol. The predicted octanol–water partition coefficient (Wildman–Crippen LogP) is 4.96. The van der Waals surface area contributed by atoms with Gasteiger partial charge in [0.25, 0.3) is 0 Å². The molecule has 0 unspecified atom stereocenters. The van der Waals surface area contributed by atoms with E-state index in [0.717, 1.165) is 46.0 Å². The molecule has 1 saturated heterocycles. The first-order chi connectivity index (χ1) is 12.3. The van der Waals surface area contributed by atoms with Crippen LogP contribution in [0, 0.1) is 0 Å². The topological polar surface area (TPSA) is 41.9 Å². The van der Waals surface area contributed by atoms with E-state index in [-0.39, 0.29) is 0 Å². The van der Waals surface area contributed by atoms with Crippen molar-refractivity contribution >= 4 is 21.7 Å². The number of hydrogen-bond acceptors (Lipinski definition) is 4. The molecule has 4 nitrogen and oxygen atoms in total. The molecule has 0 spiro atoms. The van der Waals surface area contributed by atoms with Gasteiger partial charge in [-0.1, -0.05) is 30.3 Å². The summed E-state index contributed by atoms with van der Waals surface area (Å²) in [6.07, 6.45) is 7.38. The Balaban J connectivity index is 1.82. The monoisotopic (exact) mass is 394 g/mol. The number of halogens is 1. The van der Waals surface area contributed by atoms with E-state index in [9.17, 15) is 0 Å². The van der Waals surface area contributed by atoms with E-state index in [1.54, 1.807) is 6.20 Å². The fraction of sp³-hybridized carbons (Fsp3) is 0.250. The van der Waals surface area contributed by atoms with Crippen LogP contribution in [0.3, 0.4) is 0 Å². The SMILES string of the molecule is Brc1cncc(-c2cc(N3CCCCC3)nc(-c3ccccc3)n2)c1. The highest BCUT2D eigenvalue weighted by molar-refractivity contribution is 9.10. The summed E-state index contributed by atoms with van der Waals surface area (Å²) in [6.45, 7) is 2.11. The van der Waals surface area contributed by atoms with E-state index in [0.29, 0.717) is 0 Å². The van der Waals surface area contributed by atoms with Crippen LogP contribution in [0.25, 0.3) is 22.6 Å². The molecule has 0 bridgehead atoms. The molecule has 3 heterocycles. The van der Waals surface area contributed by atoms with Crippen LogP contribution in [0.4, 0.5) is 5.82 Å². The van der Waals surface area contributed by atoms with E-state index < -0.39 is 0 Å². The molecule has 25 heavy (non-hydrogen) atoms. The van der Waals surface area contributed by atoms with Gasteiger partial charge >= 0.3 is 0 Å². The molecule has 5 heteroatoms. The summed E-state index contributed by atoms with van der Waals surface area (Å²) in [4.78, 5) is 16.3. The number of benzene rings is 1. The van der Waals surface area contributed by atoms with Crippen molar-refractivity contribution < 1.29 is 0 Å². The summed E-state index contributed by atoms with van der Waals surface area (Å²) in [5.41, 5.74) is 2.93.